The fourth-order valence-electron chi connectivity index (χ4n) is 4.26. The van der Waals surface area contributed by atoms with Gasteiger partial charge in [-0.2, -0.15) is 9.78 Å². The maximum Gasteiger partial charge on any atom is 0.282 e. The summed E-state index contributed by atoms with van der Waals surface area (Å²) < 4.78 is 9.02. The van der Waals surface area contributed by atoms with Crippen LogP contribution in [0.25, 0.3) is 16.9 Å². The molecule has 0 saturated carbocycles. The molecule has 0 radical (unpaired) electrons. The molecule has 5 rings (SSSR count). The SMILES string of the molecule is O=C(NCCc1ccccc1)c1cn(C[C@H]2CCCO2)cc2c(=O)n(-c3ccccc3)nc1-2. The first-order valence-electron chi connectivity index (χ1n) is 11.3. The van der Waals surface area contributed by atoms with Crippen molar-refractivity contribution in [3.05, 3.63) is 94.5 Å². The number of pyridine rings is 1. The third-order valence-corrected chi connectivity index (χ3v) is 5.95. The number of nitrogens with zero attached hydrogens (tertiary/aromatic N) is 3. The maximum atomic E-state index is 13.2. The minimum Gasteiger partial charge on any atom is -0.376 e. The molecule has 0 bridgehead atoms. The van der Waals surface area contributed by atoms with E-state index < -0.39 is 0 Å². The van der Waals surface area contributed by atoms with E-state index in [1.165, 1.54) is 4.68 Å². The molecule has 1 amide bonds. The number of benzene rings is 2. The number of carbonyl (C=O) groups is 1. The van der Waals surface area contributed by atoms with Gasteiger partial charge in [0, 0.05) is 32.1 Å². The Balaban J connectivity index is 1.47. The van der Waals surface area contributed by atoms with Crippen LogP contribution in [0.15, 0.2) is 77.9 Å². The smallest absolute Gasteiger partial charge is 0.282 e. The lowest BCUT2D eigenvalue weighted by Gasteiger charge is -2.16. The van der Waals surface area contributed by atoms with Crippen LogP contribution < -0.4 is 10.9 Å². The van der Waals surface area contributed by atoms with Gasteiger partial charge in [-0.25, -0.2) is 0 Å². The standard InChI is InChI=1S/C26H26N4O3/c31-25(27-14-13-19-8-3-1-4-9-19)22-17-29(16-21-12-7-15-33-21)18-23-24(22)28-30(26(23)32)20-10-5-2-6-11-20/h1-6,8-11,17-18,21H,7,12-16H2,(H,27,31)/t21-/m1/s1. The first kappa shape index (κ1) is 21.2. The number of hydrogen-bond donors (Lipinski definition) is 1. The summed E-state index contributed by atoms with van der Waals surface area (Å²) in [6.45, 7) is 1.84. The molecule has 3 heterocycles. The Hall–Kier alpha value is -3.71. The van der Waals surface area contributed by atoms with Crippen molar-refractivity contribution >= 4 is 5.91 Å². The molecule has 7 nitrogen and oxygen atoms in total. The quantitative estimate of drug-likeness (QED) is 0.476. The van der Waals surface area contributed by atoms with E-state index in [0.717, 1.165) is 31.4 Å². The van der Waals surface area contributed by atoms with Gasteiger partial charge < -0.3 is 14.6 Å². The zero-order chi connectivity index (χ0) is 22.6. The fraction of sp³-hybridized carbons (Fsp3) is 0.269. The van der Waals surface area contributed by atoms with E-state index in [9.17, 15) is 9.59 Å². The molecule has 0 aliphatic carbocycles. The highest BCUT2D eigenvalue weighted by atomic mass is 16.5. The third kappa shape index (κ3) is 4.59. The maximum absolute atomic E-state index is 13.2. The lowest BCUT2D eigenvalue weighted by molar-refractivity contribution is 0.0937. The van der Waals surface area contributed by atoms with Crippen molar-refractivity contribution in [2.45, 2.75) is 31.9 Å². The zero-order valence-electron chi connectivity index (χ0n) is 18.3. The average molecular weight is 443 g/mol. The Kier molecular flexibility index (Phi) is 6.04. The van der Waals surface area contributed by atoms with Gasteiger partial charge in [-0.15, -0.1) is 0 Å². The van der Waals surface area contributed by atoms with Gasteiger partial charge in [0.05, 0.1) is 22.9 Å². The molecule has 0 aromatic heterocycles. The van der Waals surface area contributed by atoms with E-state index in [1.54, 1.807) is 12.4 Å². The van der Waals surface area contributed by atoms with E-state index in [1.807, 2.05) is 65.2 Å². The Morgan fingerprint density at radius 1 is 1.06 bits per heavy atom. The minimum atomic E-state index is -0.240. The number of hydrogen-bond acceptors (Lipinski definition) is 4. The van der Waals surface area contributed by atoms with Crippen LogP contribution in [0, 0.1) is 0 Å². The summed E-state index contributed by atoms with van der Waals surface area (Å²) >= 11 is 0. The van der Waals surface area contributed by atoms with Crippen LogP contribution in [0.1, 0.15) is 28.8 Å². The summed E-state index contributed by atoms with van der Waals surface area (Å²) in [5.41, 5.74) is 2.80. The van der Waals surface area contributed by atoms with Crippen LogP contribution in [0.2, 0.25) is 0 Å². The monoisotopic (exact) mass is 442 g/mol. The van der Waals surface area contributed by atoms with Crippen LogP contribution in [-0.4, -0.2) is 39.5 Å². The highest BCUT2D eigenvalue weighted by molar-refractivity contribution is 5.99. The number of aromatic nitrogens is 3. The number of fused-ring (bicyclic) bond motifs is 1. The summed E-state index contributed by atoms with van der Waals surface area (Å²) in [7, 11) is 0. The van der Waals surface area contributed by atoms with Gasteiger partial charge in [-0.05, 0) is 37.0 Å². The normalized spacial score (nSPS) is 15.7. The Morgan fingerprint density at radius 3 is 2.55 bits per heavy atom. The van der Waals surface area contributed by atoms with Crippen LogP contribution in [0.4, 0.5) is 0 Å². The van der Waals surface area contributed by atoms with Crippen molar-refractivity contribution < 1.29 is 9.53 Å². The summed E-state index contributed by atoms with van der Waals surface area (Å²) in [4.78, 5) is 26.4. The van der Waals surface area contributed by atoms with E-state index >= 15 is 0 Å². The molecule has 1 atom stereocenters. The molecule has 2 aromatic rings. The molecule has 0 spiro atoms. The molecule has 1 fully saturated rings. The van der Waals surface area contributed by atoms with Crippen LogP contribution in [0.5, 0.6) is 0 Å². The lowest BCUT2D eigenvalue weighted by atomic mass is 10.1. The van der Waals surface area contributed by atoms with Crippen LogP contribution in [0.3, 0.4) is 0 Å². The summed E-state index contributed by atoms with van der Waals surface area (Å²) in [6, 6.07) is 19.3. The van der Waals surface area contributed by atoms with Crippen molar-refractivity contribution in [3.63, 3.8) is 0 Å². The molecule has 1 saturated heterocycles. The van der Waals surface area contributed by atoms with Gasteiger partial charge in [0.25, 0.3) is 11.5 Å². The lowest BCUT2D eigenvalue weighted by Crippen LogP contribution is -2.28. The molecule has 3 aliphatic heterocycles. The highest BCUT2D eigenvalue weighted by Gasteiger charge is 2.25. The van der Waals surface area contributed by atoms with E-state index in [-0.39, 0.29) is 17.6 Å². The molecule has 168 valence electrons. The van der Waals surface area contributed by atoms with Gasteiger partial charge in [0.1, 0.15) is 5.69 Å². The van der Waals surface area contributed by atoms with Gasteiger partial charge in [-0.3, -0.25) is 9.59 Å². The first-order chi connectivity index (χ1) is 16.2. The molecule has 1 N–H and O–H groups in total. The van der Waals surface area contributed by atoms with E-state index in [4.69, 9.17) is 4.74 Å². The number of rotatable bonds is 7. The molecule has 2 aromatic carbocycles. The van der Waals surface area contributed by atoms with Crippen molar-refractivity contribution in [1.82, 2.24) is 19.7 Å². The van der Waals surface area contributed by atoms with Crippen LogP contribution in [-0.2, 0) is 17.7 Å². The summed E-state index contributed by atoms with van der Waals surface area (Å²) in [6.07, 6.45) is 6.37. The van der Waals surface area contributed by atoms with Crippen molar-refractivity contribution in [2.75, 3.05) is 13.2 Å². The average Bonchev–Trinajstić information content (AvgIpc) is 3.48. The minimum absolute atomic E-state index is 0.0840. The number of carbonyl (C=O) groups excluding carboxylic acids is 1. The number of nitrogens with one attached hydrogen (secondary N) is 1. The number of amides is 1. The second-order valence-electron chi connectivity index (χ2n) is 8.31. The summed E-state index contributed by atoms with van der Waals surface area (Å²) in [5, 5.41) is 7.54. The van der Waals surface area contributed by atoms with E-state index in [0.29, 0.717) is 35.6 Å². The molecular weight excluding hydrogens is 416 g/mol. The van der Waals surface area contributed by atoms with Gasteiger partial charge in [0.15, 0.2) is 0 Å². The Labute approximate surface area is 192 Å². The van der Waals surface area contributed by atoms with Crippen molar-refractivity contribution in [1.29, 1.82) is 0 Å². The molecule has 7 heteroatoms. The van der Waals surface area contributed by atoms with Crippen molar-refractivity contribution in [3.8, 4) is 16.9 Å². The first-order valence-corrected chi connectivity index (χ1v) is 11.3. The molecule has 3 aliphatic rings. The molecule has 0 unspecified atom stereocenters. The second-order valence-corrected chi connectivity index (χ2v) is 8.31. The molecule has 33 heavy (non-hydrogen) atoms. The third-order valence-electron chi connectivity index (χ3n) is 5.95. The Bertz CT molecular complexity index is 1260. The topological polar surface area (TPSA) is 78.2 Å². The van der Waals surface area contributed by atoms with Gasteiger partial charge in [0.2, 0.25) is 0 Å². The van der Waals surface area contributed by atoms with Crippen LogP contribution >= 0.6 is 0 Å². The van der Waals surface area contributed by atoms with Gasteiger partial charge >= 0.3 is 0 Å². The predicted octanol–water partition coefficient (Wildman–Crippen LogP) is 3.29. The largest absolute Gasteiger partial charge is 0.376 e. The number of para-hydroxylation sites is 1. The summed E-state index contributed by atoms with van der Waals surface area (Å²) in [5.74, 6) is -0.240. The fourth-order valence-corrected chi connectivity index (χ4v) is 4.26. The number of ether oxygens (including phenoxy) is 1. The Morgan fingerprint density at radius 2 is 1.82 bits per heavy atom. The predicted molar refractivity (Wildman–Crippen MR) is 126 cm³/mol. The molecular formula is C26H26N4O3. The highest BCUT2D eigenvalue weighted by Crippen LogP contribution is 2.24. The van der Waals surface area contributed by atoms with E-state index in [2.05, 4.69) is 10.4 Å². The van der Waals surface area contributed by atoms with Crippen molar-refractivity contribution in [2.24, 2.45) is 0 Å². The van der Waals surface area contributed by atoms with Gasteiger partial charge in [-0.1, -0.05) is 48.5 Å². The second kappa shape index (κ2) is 9.42. The zero-order valence-corrected chi connectivity index (χ0v) is 18.3.